The molecule has 0 radical (unpaired) electrons. The molecule has 0 spiro atoms. The summed E-state index contributed by atoms with van der Waals surface area (Å²) in [5.74, 6) is -0.132. The number of amides is 2. The van der Waals surface area contributed by atoms with Gasteiger partial charge in [-0.2, -0.15) is 0 Å². The van der Waals surface area contributed by atoms with Crippen LogP contribution < -0.4 is 10.6 Å². The van der Waals surface area contributed by atoms with Crippen molar-refractivity contribution in [2.24, 2.45) is 0 Å². The van der Waals surface area contributed by atoms with Gasteiger partial charge in [0.15, 0.2) is 0 Å². The monoisotopic (exact) mass is 266 g/mol. The number of carbonyl (C=O) groups excluding carboxylic acids is 3. The summed E-state index contributed by atoms with van der Waals surface area (Å²) in [6.45, 7) is 6.05. The van der Waals surface area contributed by atoms with Crippen LogP contribution in [-0.2, 0) is 14.4 Å². The van der Waals surface area contributed by atoms with Crippen LogP contribution in [0.25, 0.3) is 0 Å². The third-order valence-electron chi connectivity index (χ3n) is 1.34. The van der Waals surface area contributed by atoms with Gasteiger partial charge in [0.25, 0.3) is 0 Å². The fourth-order valence-corrected chi connectivity index (χ4v) is 0.678. The minimum absolute atomic E-state index is 0.149. The van der Waals surface area contributed by atoms with Crippen LogP contribution >= 0.6 is 0 Å². The Hall–Kier alpha value is -2.17. The molecule has 5 nitrogen and oxygen atoms in total. The lowest BCUT2D eigenvalue weighted by Gasteiger charge is -2.00. The molecule has 0 aromatic heterocycles. The summed E-state index contributed by atoms with van der Waals surface area (Å²) in [5, 5.41) is 4.81. The highest BCUT2D eigenvalue weighted by molar-refractivity contribution is 5.75. The molecule has 0 saturated heterocycles. The first kappa shape index (κ1) is 19.2. The van der Waals surface area contributed by atoms with Crippen LogP contribution in [0.4, 0.5) is 0 Å². The first-order valence-electron chi connectivity index (χ1n) is 5.82. The fourth-order valence-electron chi connectivity index (χ4n) is 0.678. The Balaban J connectivity index is 0. The molecule has 19 heavy (non-hydrogen) atoms. The quantitative estimate of drug-likeness (QED) is 0.796. The van der Waals surface area contributed by atoms with Crippen molar-refractivity contribution in [1.29, 1.82) is 0 Å². The van der Waals surface area contributed by atoms with Gasteiger partial charge in [0.05, 0.1) is 6.67 Å². The zero-order chi connectivity index (χ0) is 15.1. The van der Waals surface area contributed by atoms with Crippen LogP contribution in [0, 0.1) is 0 Å². The predicted molar refractivity (Wildman–Crippen MR) is 75.3 cm³/mol. The van der Waals surface area contributed by atoms with E-state index in [1.54, 1.807) is 0 Å². The molecular formula is C14H22N2O3. The summed E-state index contributed by atoms with van der Waals surface area (Å²) >= 11 is 0. The maximum atomic E-state index is 10.2. The van der Waals surface area contributed by atoms with E-state index in [1.807, 2.05) is 36.4 Å². The number of nitrogens with one attached hydrogen (secondary N) is 2. The summed E-state index contributed by atoms with van der Waals surface area (Å²) in [6, 6.07) is 12.0. The van der Waals surface area contributed by atoms with E-state index in [4.69, 9.17) is 0 Å². The van der Waals surface area contributed by atoms with Crippen LogP contribution in [0.5, 0.6) is 0 Å². The van der Waals surface area contributed by atoms with Gasteiger partial charge < -0.3 is 15.4 Å². The SMILES string of the molecule is CC(=O)NCNC(C)=O.CC(C)=O.c1ccccc1. The third kappa shape index (κ3) is 31.3. The number of benzene rings is 1. The Morgan fingerprint density at radius 2 is 0.895 bits per heavy atom. The minimum Gasteiger partial charge on any atom is -0.339 e. The van der Waals surface area contributed by atoms with Crippen LogP contribution in [0.2, 0.25) is 0 Å². The van der Waals surface area contributed by atoms with Crippen LogP contribution in [0.1, 0.15) is 27.7 Å². The molecule has 0 heterocycles. The number of Topliss-reactive ketones (excluding diaryl/α,β-unsaturated/α-hetero) is 1. The van der Waals surface area contributed by atoms with Gasteiger partial charge in [-0.25, -0.2) is 0 Å². The molecule has 2 amide bonds. The smallest absolute Gasteiger partial charge is 0.218 e. The summed E-state index contributed by atoms with van der Waals surface area (Å²) in [6.07, 6.45) is 0. The first-order valence-corrected chi connectivity index (χ1v) is 5.82. The standard InChI is InChI=1S/C6H6.C5H10N2O2.C3H6O/c1-2-4-6-5-3-1;1-4(8)6-3-7-5(2)9;1-3(2)4/h1-6H;3H2,1-2H3,(H,6,8)(H,7,9);1-2H3. The highest BCUT2D eigenvalue weighted by atomic mass is 16.2. The number of hydrogen-bond donors (Lipinski definition) is 2. The van der Waals surface area contributed by atoms with Crippen LogP contribution in [-0.4, -0.2) is 24.3 Å². The Labute approximate surface area is 114 Å². The minimum atomic E-state index is -0.149. The normalized spacial score (nSPS) is 7.79. The topological polar surface area (TPSA) is 75.3 Å². The van der Waals surface area contributed by atoms with Crippen molar-refractivity contribution >= 4 is 17.6 Å². The van der Waals surface area contributed by atoms with Gasteiger partial charge in [0.2, 0.25) is 11.8 Å². The largest absolute Gasteiger partial charge is 0.339 e. The van der Waals surface area contributed by atoms with E-state index in [9.17, 15) is 14.4 Å². The van der Waals surface area contributed by atoms with Gasteiger partial charge in [-0.3, -0.25) is 9.59 Å². The molecule has 1 rings (SSSR count). The van der Waals surface area contributed by atoms with Gasteiger partial charge in [-0.1, -0.05) is 36.4 Å². The molecule has 0 bridgehead atoms. The molecular weight excluding hydrogens is 244 g/mol. The first-order chi connectivity index (χ1) is 8.86. The van der Waals surface area contributed by atoms with E-state index < -0.39 is 0 Å². The molecule has 1 aromatic rings. The van der Waals surface area contributed by atoms with Gasteiger partial charge in [-0.05, 0) is 13.8 Å². The molecule has 106 valence electrons. The summed E-state index contributed by atoms with van der Waals surface area (Å²) in [7, 11) is 0. The van der Waals surface area contributed by atoms with Gasteiger partial charge in [0.1, 0.15) is 5.78 Å². The average molecular weight is 266 g/mol. The van der Waals surface area contributed by atoms with E-state index in [1.165, 1.54) is 27.7 Å². The molecule has 0 fully saturated rings. The third-order valence-corrected chi connectivity index (χ3v) is 1.34. The molecule has 1 aromatic carbocycles. The average Bonchev–Trinajstić information content (AvgIpc) is 2.30. The van der Waals surface area contributed by atoms with Crippen molar-refractivity contribution in [1.82, 2.24) is 10.6 Å². The van der Waals surface area contributed by atoms with E-state index in [-0.39, 0.29) is 24.3 Å². The molecule has 2 N–H and O–H groups in total. The van der Waals surface area contributed by atoms with Gasteiger partial charge >= 0.3 is 0 Å². The second-order valence-electron chi connectivity index (χ2n) is 3.71. The second-order valence-corrected chi connectivity index (χ2v) is 3.71. The molecule has 0 aliphatic heterocycles. The van der Waals surface area contributed by atoms with E-state index in [2.05, 4.69) is 10.6 Å². The molecule has 5 heteroatoms. The summed E-state index contributed by atoms with van der Waals surface area (Å²) in [4.78, 5) is 29.8. The highest BCUT2D eigenvalue weighted by Crippen LogP contribution is 1.79. The summed E-state index contributed by atoms with van der Waals surface area (Å²) < 4.78 is 0. The lowest BCUT2D eigenvalue weighted by atomic mass is 10.4. The fraction of sp³-hybridized carbons (Fsp3) is 0.357. The lowest BCUT2D eigenvalue weighted by molar-refractivity contribution is -0.120. The van der Waals surface area contributed by atoms with Crippen molar-refractivity contribution < 1.29 is 14.4 Å². The zero-order valence-electron chi connectivity index (χ0n) is 11.9. The number of ketones is 1. The Kier molecular flexibility index (Phi) is 14.0. The van der Waals surface area contributed by atoms with Crippen molar-refractivity contribution in [3.05, 3.63) is 36.4 Å². The van der Waals surface area contributed by atoms with Crippen LogP contribution in [0.15, 0.2) is 36.4 Å². The van der Waals surface area contributed by atoms with Crippen molar-refractivity contribution in [3.63, 3.8) is 0 Å². The maximum Gasteiger partial charge on any atom is 0.218 e. The number of hydrogen-bond acceptors (Lipinski definition) is 3. The maximum absolute atomic E-state index is 10.2. The number of rotatable bonds is 2. The highest BCUT2D eigenvalue weighted by Gasteiger charge is 1.89. The molecule has 0 aliphatic rings. The van der Waals surface area contributed by atoms with Gasteiger partial charge in [-0.15, -0.1) is 0 Å². The van der Waals surface area contributed by atoms with Gasteiger partial charge in [0, 0.05) is 13.8 Å². The zero-order valence-corrected chi connectivity index (χ0v) is 11.9. The second kappa shape index (κ2) is 13.9. The number of carbonyl (C=O) groups is 3. The Bertz CT molecular complexity index is 320. The Morgan fingerprint density at radius 1 is 0.684 bits per heavy atom. The van der Waals surface area contributed by atoms with Crippen LogP contribution in [0.3, 0.4) is 0 Å². The lowest BCUT2D eigenvalue weighted by Crippen LogP contribution is -2.34. The van der Waals surface area contributed by atoms with Crippen molar-refractivity contribution in [2.75, 3.05) is 6.67 Å². The van der Waals surface area contributed by atoms with E-state index >= 15 is 0 Å². The van der Waals surface area contributed by atoms with E-state index in [0.29, 0.717) is 0 Å². The molecule has 0 saturated carbocycles. The van der Waals surface area contributed by atoms with Crippen molar-refractivity contribution in [2.45, 2.75) is 27.7 Å². The molecule has 0 unspecified atom stereocenters. The van der Waals surface area contributed by atoms with E-state index in [0.717, 1.165) is 0 Å². The Morgan fingerprint density at radius 3 is 1.05 bits per heavy atom. The molecule has 0 aliphatic carbocycles. The summed E-state index contributed by atoms with van der Waals surface area (Å²) in [5.41, 5.74) is 0. The predicted octanol–water partition coefficient (Wildman–Crippen LogP) is 1.50. The van der Waals surface area contributed by atoms with Crippen molar-refractivity contribution in [3.8, 4) is 0 Å². The molecule has 0 atom stereocenters.